The van der Waals surface area contributed by atoms with Gasteiger partial charge in [0.05, 0.1) is 19.6 Å². The summed E-state index contributed by atoms with van der Waals surface area (Å²) in [6.07, 6.45) is -2.59. The van der Waals surface area contributed by atoms with Gasteiger partial charge in [-0.05, 0) is 13.8 Å². The Morgan fingerprint density at radius 1 is 0.958 bits per heavy atom. The van der Waals surface area contributed by atoms with Crippen molar-refractivity contribution < 1.29 is 38.1 Å². The largest absolute Gasteiger partial charge is 0.466 e. The molecule has 0 amide bonds. The molecule has 1 saturated heterocycles. The predicted molar refractivity (Wildman–Crippen MR) is 80.9 cm³/mol. The third kappa shape index (κ3) is 6.27. The Morgan fingerprint density at radius 3 is 2.04 bits per heavy atom. The van der Waals surface area contributed by atoms with Crippen molar-refractivity contribution in [1.29, 1.82) is 0 Å². The number of ether oxygens (including phenoxy) is 4. The van der Waals surface area contributed by atoms with E-state index in [9.17, 15) is 19.2 Å². The van der Waals surface area contributed by atoms with Gasteiger partial charge in [0.25, 0.3) is 0 Å². The second-order valence-corrected chi connectivity index (χ2v) is 5.70. The smallest absolute Gasteiger partial charge is 0.306 e. The molecule has 0 radical (unpaired) electrons. The van der Waals surface area contributed by atoms with Crippen molar-refractivity contribution in [1.82, 2.24) is 0 Å². The van der Waals surface area contributed by atoms with Gasteiger partial charge >= 0.3 is 17.9 Å². The van der Waals surface area contributed by atoms with Gasteiger partial charge in [-0.1, -0.05) is 0 Å². The molecule has 136 valence electrons. The highest BCUT2D eigenvalue weighted by Gasteiger charge is 2.45. The van der Waals surface area contributed by atoms with Crippen LogP contribution in [-0.2, 0) is 38.1 Å². The lowest BCUT2D eigenvalue weighted by molar-refractivity contribution is -0.209. The molecule has 1 heterocycles. The molecule has 0 aromatic heterocycles. The highest BCUT2D eigenvalue weighted by atomic mass is 16.6. The first-order valence-electron chi connectivity index (χ1n) is 7.85. The molecule has 0 N–H and O–H groups in total. The average molecular weight is 344 g/mol. The maximum atomic E-state index is 11.8. The third-order valence-corrected chi connectivity index (χ3v) is 3.51. The molecule has 8 heteroatoms. The molecule has 0 spiro atoms. The van der Waals surface area contributed by atoms with Crippen molar-refractivity contribution >= 4 is 23.7 Å². The maximum Gasteiger partial charge on any atom is 0.306 e. The van der Waals surface area contributed by atoms with Gasteiger partial charge in [0, 0.05) is 26.2 Å². The summed E-state index contributed by atoms with van der Waals surface area (Å²) in [5.74, 6) is -2.31. The summed E-state index contributed by atoms with van der Waals surface area (Å²) in [7, 11) is 0. The van der Waals surface area contributed by atoms with Gasteiger partial charge in [-0.3, -0.25) is 19.2 Å². The summed E-state index contributed by atoms with van der Waals surface area (Å²) >= 11 is 0. The molecule has 1 aliphatic heterocycles. The van der Waals surface area contributed by atoms with Gasteiger partial charge in [-0.25, -0.2) is 0 Å². The summed E-state index contributed by atoms with van der Waals surface area (Å²) in [4.78, 5) is 46.0. The SMILES string of the molecule is CCOC(=O)CC1COC(CC(C)=O)C(OC(C)=O)C1OC(C)=O. The van der Waals surface area contributed by atoms with Crippen LogP contribution in [0.15, 0.2) is 0 Å². The summed E-state index contributed by atoms with van der Waals surface area (Å²) < 4.78 is 21.1. The number of rotatable bonds is 7. The first-order valence-corrected chi connectivity index (χ1v) is 7.85. The van der Waals surface area contributed by atoms with Gasteiger partial charge in [-0.2, -0.15) is 0 Å². The molecular weight excluding hydrogens is 320 g/mol. The number of carbonyl (C=O) groups is 4. The summed E-state index contributed by atoms with van der Waals surface area (Å²) in [6.45, 7) is 5.83. The van der Waals surface area contributed by atoms with Crippen LogP contribution in [0.5, 0.6) is 0 Å². The molecule has 0 bridgehead atoms. The lowest BCUT2D eigenvalue weighted by atomic mass is 9.87. The number of ketones is 1. The van der Waals surface area contributed by atoms with E-state index in [2.05, 4.69) is 0 Å². The summed E-state index contributed by atoms with van der Waals surface area (Å²) in [6, 6.07) is 0. The average Bonchev–Trinajstić information content (AvgIpc) is 2.44. The maximum absolute atomic E-state index is 11.8. The molecule has 0 aromatic rings. The zero-order valence-electron chi connectivity index (χ0n) is 14.4. The van der Waals surface area contributed by atoms with E-state index in [-0.39, 0.29) is 31.8 Å². The van der Waals surface area contributed by atoms with Gasteiger partial charge in [0.15, 0.2) is 6.10 Å². The van der Waals surface area contributed by atoms with Gasteiger partial charge in [-0.15, -0.1) is 0 Å². The van der Waals surface area contributed by atoms with Crippen LogP contribution in [0.3, 0.4) is 0 Å². The first kappa shape index (κ1) is 20.1. The van der Waals surface area contributed by atoms with E-state index in [1.54, 1.807) is 6.92 Å². The van der Waals surface area contributed by atoms with Crippen LogP contribution in [0.2, 0.25) is 0 Å². The van der Waals surface area contributed by atoms with E-state index in [4.69, 9.17) is 18.9 Å². The Bertz CT molecular complexity index is 486. The Morgan fingerprint density at radius 2 is 1.54 bits per heavy atom. The molecule has 0 aromatic carbocycles. The zero-order chi connectivity index (χ0) is 18.3. The number of carbonyl (C=O) groups excluding carboxylic acids is 4. The quantitative estimate of drug-likeness (QED) is 0.493. The lowest BCUT2D eigenvalue weighted by Crippen LogP contribution is -2.54. The number of Topliss-reactive ketones (excluding diaryl/α,β-unsaturated/α-hetero) is 1. The minimum absolute atomic E-state index is 0.0157. The van der Waals surface area contributed by atoms with Crippen LogP contribution in [0.4, 0.5) is 0 Å². The molecule has 1 fully saturated rings. The fourth-order valence-electron chi connectivity index (χ4n) is 2.67. The monoisotopic (exact) mass is 344 g/mol. The molecular formula is C16H24O8. The predicted octanol–water partition coefficient (Wildman–Crippen LogP) is 0.797. The molecule has 1 aliphatic rings. The number of hydrogen-bond donors (Lipinski definition) is 0. The minimum atomic E-state index is -0.955. The van der Waals surface area contributed by atoms with Crippen molar-refractivity contribution in [2.24, 2.45) is 5.92 Å². The Kier molecular flexibility index (Phi) is 7.84. The fourth-order valence-corrected chi connectivity index (χ4v) is 2.67. The highest BCUT2D eigenvalue weighted by molar-refractivity contribution is 5.76. The molecule has 4 atom stereocenters. The Labute approximate surface area is 140 Å². The van der Waals surface area contributed by atoms with Crippen molar-refractivity contribution in [2.75, 3.05) is 13.2 Å². The van der Waals surface area contributed by atoms with Crippen LogP contribution < -0.4 is 0 Å². The minimum Gasteiger partial charge on any atom is -0.466 e. The molecule has 24 heavy (non-hydrogen) atoms. The number of esters is 3. The summed E-state index contributed by atoms with van der Waals surface area (Å²) in [5.41, 5.74) is 0. The summed E-state index contributed by atoms with van der Waals surface area (Å²) in [5, 5.41) is 0. The number of hydrogen-bond acceptors (Lipinski definition) is 8. The van der Waals surface area contributed by atoms with Crippen molar-refractivity contribution in [3.8, 4) is 0 Å². The second kappa shape index (κ2) is 9.36. The van der Waals surface area contributed by atoms with Crippen molar-refractivity contribution in [3.05, 3.63) is 0 Å². The van der Waals surface area contributed by atoms with Crippen LogP contribution >= 0.6 is 0 Å². The third-order valence-electron chi connectivity index (χ3n) is 3.51. The van der Waals surface area contributed by atoms with E-state index >= 15 is 0 Å². The van der Waals surface area contributed by atoms with E-state index in [0.29, 0.717) is 0 Å². The second-order valence-electron chi connectivity index (χ2n) is 5.70. The van der Waals surface area contributed by atoms with Crippen LogP contribution in [-0.4, -0.2) is 55.2 Å². The van der Waals surface area contributed by atoms with E-state index < -0.39 is 42.1 Å². The van der Waals surface area contributed by atoms with Gasteiger partial charge < -0.3 is 18.9 Å². The van der Waals surface area contributed by atoms with Crippen LogP contribution in [0.1, 0.15) is 40.5 Å². The highest BCUT2D eigenvalue weighted by Crippen LogP contribution is 2.30. The van der Waals surface area contributed by atoms with E-state index in [0.717, 1.165) is 0 Å². The van der Waals surface area contributed by atoms with Gasteiger partial charge in [0.2, 0.25) is 0 Å². The molecule has 4 unspecified atom stereocenters. The van der Waals surface area contributed by atoms with Crippen molar-refractivity contribution in [2.45, 2.75) is 58.8 Å². The Balaban J connectivity index is 3.01. The standard InChI is InChI=1S/C16H24O8/c1-5-21-14(20)7-12-8-22-13(6-9(2)17)16(24-11(4)19)15(12)23-10(3)18/h12-13,15-16H,5-8H2,1-4H3. The topological polar surface area (TPSA) is 105 Å². The molecule has 0 aliphatic carbocycles. The van der Waals surface area contributed by atoms with Crippen LogP contribution in [0.25, 0.3) is 0 Å². The van der Waals surface area contributed by atoms with Crippen LogP contribution in [0, 0.1) is 5.92 Å². The Hall–Kier alpha value is -1.96. The fraction of sp³-hybridized carbons (Fsp3) is 0.750. The van der Waals surface area contributed by atoms with Gasteiger partial charge in [0.1, 0.15) is 18.0 Å². The molecule has 8 nitrogen and oxygen atoms in total. The van der Waals surface area contributed by atoms with E-state index in [1.807, 2.05) is 0 Å². The van der Waals surface area contributed by atoms with E-state index in [1.165, 1.54) is 20.8 Å². The normalized spacial score (nSPS) is 26.3. The zero-order valence-corrected chi connectivity index (χ0v) is 14.4. The molecule has 1 rings (SSSR count). The first-order chi connectivity index (χ1) is 11.2. The van der Waals surface area contributed by atoms with Crippen molar-refractivity contribution in [3.63, 3.8) is 0 Å². The molecule has 0 saturated carbocycles. The lowest BCUT2D eigenvalue weighted by Gasteiger charge is -2.40.